The fraction of sp³-hybridized carbons (Fsp3) is 0.375. The van der Waals surface area contributed by atoms with E-state index in [-0.39, 0.29) is 40.1 Å². The molecule has 7 nitrogen and oxygen atoms in total. The molecule has 4 rings (SSSR count). The predicted molar refractivity (Wildman–Crippen MR) is 89.2 cm³/mol. The van der Waals surface area contributed by atoms with E-state index < -0.39 is 5.60 Å². The Bertz CT molecular complexity index is 1030. The number of benzene rings is 1. The number of hydrogen-bond acceptors (Lipinski definition) is 5. The number of ether oxygens (including phenoxy) is 1. The SMILES string of the molecule is CC1(C)OC[C@H]1n1nnc2c(Cl)n(Cc3ccccc3F)nc2c1=O. The summed E-state index contributed by atoms with van der Waals surface area (Å²) in [6.45, 7) is 4.24. The third kappa shape index (κ3) is 2.52. The van der Waals surface area contributed by atoms with E-state index in [4.69, 9.17) is 16.3 Å². The smallest absolute Gasteiger partial charge is 0.298 e. The summed E-state index contributed by atoms with van der Waals surface area (Å²) >= 11 is 6.27. The van der Waals surface area contributed by atoms with E-state index >= 15 is 0 Å². The van der Waals surface area contributed by atoms with Gasteiger partial charge in [-0.3, -0.25) is 4.79 Å². The maximum atomic E-state index is 13.9. The largest absolute Gasteiger partial charge is 0.371 e. The van der Waals surface area contributed by atoms with E-state index in [1.807, 2.05) is 13.8 Å². The van der Waals surface area contributed by atoms with Gasteiger partial charge in [-0.1, -0.05) is 35.0 Å². The van der Waals surface area contributed by atoms with Crippen LogP contribution in [0.4, 0.5) is 4.39 Å². The standard InChI is InChI=1S/C16H15ClFN5O2/c1-16(2)11(8-25-16)23-15(24)13-12(19-21-23)14(17)22(20-13)7-9-5-3-4-6-10(9)18/h3-6,11H,7-8H2,1-2H3/t11-/m1/s1. The molecule has 1 aliphatic heterocycles. The Kier molecular flexibility index (Phi) is 3.62. The highest BCUT2D eigenvalue weighted by atomic mass is 35.5. The van der Waals surface area contributed by atoms with E-state index in [9.17, 15) is 9.18 Å². The number of hydrogen-bond donors (Lipinski definition) is 0. The average Bonchev–Trinajstić information content (AvgIpc) is 2.88. The van der Waals surface area contributed by atoms with Gasteiger partial charge in [-0.2, -0.15) is 5.10 Å². The van der Waals surface area contributed by atoms with Gasteiger partial charge in [0, 0.05) is 5.56 Å². The summed E-state index contributed by atoms with van der Waals surface area (Å²) in [6.07, 6.45) is 0. The van der Waals surface area contributed by atoms with Crippen LogP contribution in [0.15, 0.2) is 29.1 Å². The van der Waals surface area contributed by atoms with Crippen molar-refractivity contribution in [3.8, 4) is 0 Å². The van der Waals surface area contributed by atoms with Crippen LogP contribution in [0.5, 0.6) is 0 Å². The second-order valence-corrected chi connectivity index (χ2v) is 6.86. The van der Waals surface area contributed by atoms with Gasteiger partial charge in [0.25, 0.3) is 5.56 Å². The monoisotopic (exact) mass is 363 g/mol. The minimum Gasteiger partial charge on any atom is -0.371 e. The number of aromatic nitrogens is 5. The zero-order chi connectivity index (χ0) is 17.8. The Morgan fingerprint density at radius 1 is 1.36 bits per heavy atom. The average molecular weight is 364 g/mol. The molecule has 0 radical (unpaired) electrons. The van der Waals surface area contributed by atoms with Crippen molar-refractivity contribution in [2.45, 2.75) is 32.0 Å². The molecule has 1 saturated heterocycles. The fourth-order valence-electron chi connectivity index (χ4n) is 2.86. The molecule has 1 atom stereocenters. The zero-order valence-corrected chi connectivity index (χ0v) is 14.4. The number of fused-ring (bicyclic) bond motifs is 1. The molecule has 0 N–H and O–H groups in total. The molecule has 0 aliphatic carbocycles. The van der Waals surface area contributed by atoms with E-state index in [1.165, 1.54) is 15.4 Å². The highest BCUT2D eigenvalue weighted by molar-refractivity contribution is 6.33. The van der Waals surface area contributed by atoms with E-state index in [0.717, 1.165) is 0 Å². The van der Waals surface area contributed by atoms with E-state index in [2.05, 4.69) is 15.4 Å². The lowest BCUT2D eigenvalue weighted by Gasteiger charge is -2.43. The van der Waals surface area contributed by atoms with Crippen LogP contribution >= 0.6 is 11.6 Å². The molecule has 0 bridgehead atoms. The summed E-state index contributed by atoms with van der Waals surface area (Å²) in [5.74, 6) is -0.366. The van der Waals surface area contributed by atoms with Gasteiger partial charge in [-0.05, 0) is 19.9 Å². The van der Waals surface area contributed by atoms with Crippen molar-refractivity contribution in [3.63, 3.8) is 0 Å². The van der Waals surface area contributed by atoms with Crippen molar-refractivity contribution in [1.82, 2.24) is 24.8 Å². The Balaban J connectivity index is 1.79. The Morgan fingerprint density at radius 2 is 2.12 bits per heavy atom. The normalized spacial score (nSPS) is 19.1. The number of rotatable bonds is 3. The first-order chi connectivity index (χ1) is 11.9. The zero-order valence-electron chi connectivity index (χ0n) is 13.6. The second kappa shape index (κ2) is 5.60. The summed E-state index contributed by atoms with van der Waals surface area (Å²) in [7, 11) is 0. The number of nitrogens with zero attached hydrogens (tertiary/aromatic N) is 5. The lowest BCUT2D eigenvalue weighted by Crippen LogP contribution is -2.53. The second-order valence-electron chi connectivity index (χ2n) is 6.51. The van der Waals surface area contributed by atoms with Crippen molar-refractivity contribution in [1.29, 1.82) is 0 Å². The minimum atomic E-state index is -0.494. The quantitative estimate of drug-likeness (QED) is 0.713. The molecule has 0 amide bonds. The maximum absolute atomic E-state index is 13.9. The van der Waals surface area contributed by atoms with Crippen molar-refractivity contribution in [2.75, 3.05) is 6.61 Å². The summed E-state index contributed by atoms with van der Waals surface area (Å²) < 4.78 is 21.9. The molecule has 0 saturated carbocycles. The lowest BCUT2D eigenvalue weighted by molar-refractivity contribution is -0.176. The first-order valence-corrected chi connectivity index (χ1v) is 8.15. The van der Waals surface area contributed by atoms with Crippen molar-refractivity contribution < 1.29 is 9.13 Å². The van der Waals surface area contributed by atoms with Crippen molar-refractivity contribution >= 4 is 22.6 Å². The van der Waals surface area contributed by atoms with Crippen LogP contribution in [-0.2, 0) is 11.3 Å². The van der Waals surface area contributed by atoms with E-state index in [0.29, 0.717) is 12.2 Å². The van der Waals surface area contributed by atoms with Crippen LogP contribution in [0.25, 0.3) is 11.0 Å². The summed E-state index contributed by atoms with van der Waals surface area (Å²) in [5, 5.41) is 12.4. The van der Waals surface area contributed by atoms with Crippen LogP contribution in [0, 0.1) is 5.82 Å². The molecular formula is C16H15ClFN5O2. The molecule has 1 aliphatic rings. The lowest BCUT2D eigenvalue weighted by atomic mass is 9.94. The van der Waals surface area contributed by atoms with Gasteiger partial charge in [-0.15, -0.1) is 5.10 Å². The third-order valence-electron chi connectivity index (χ3n) is 4.51. The summed E-state index contributed by atoms with van der Waals surface area (Å²) in [4.78, 5) is 12.7. The van der Waals surface area contributed by atoms with Crippen LogP contribution in [0.2, 0.25) is 5.15 Å². The first-order valence-electron chi connectivity index (χ1n) is 7.77. The van der Waals surface area contributed by atoms with Gasteiger partial charge >= 0.3 is 0 Å². The highest BCUT2D eigenvalue weighted by Gasteiger charge is 2.43. The molecular weight excluding hydrogens is 349 g/mol. The molecule has 0 unspecified atom stereocenters. The highest BCUT2D eigenvalue weighted by Crippen LogP contribution is 2.35. The van der Waals surface area contributed by atoms with Crippen LogP contribution in [0.3, 0.4) is 0 Å². The molecule has 1 fully saturated rings. The molecule has 25 heavy (non-hydrogen) atoms. The van der Waals surface area contributed by atoms with Gasteiger partial charge in [-0.25, -0.2) is 13.8 Å². The van der Waals surface area contributed by atoms with Crippen LogP contribution < -0.4 is 5.56 Å². The topological polar surface area (TPSA) is 74.8 Å². The van der Waals surface area contributed by atoms with Gasteiger partial charge < -0.3 is 4.74 Å². The van der Waals surface area contributed by atoms with Crippen LogP contribution in [-0.4, -0.2) is 37.0 Å². The predicted octanol–water partition coefficient (Wildman–Crippen LogP) is 2.18. The fourth-order valence-corrected chi connectivity index (χ4v) is 3.08. The molecule has 1 aromatic carbocycles. The van der Waals surface area contributed by atoms with Crippen molar-refractivity contribution in [3.05, 3.63) is 51.2 Å². The molecule has 0 spiro atoms. The van der Waals surface area contributed by atoms with Gasteiger partial charge in [0.1, 0.15) is 11.9 Å². The molecule has 9 heteroatoms. The van der Waals surface area contributed by atoms with Gasteiger partial charge in [0.15, 0.2) is 16.2 Å². The number of halogens is 2. The molecule has 3 heterocycles. The first kappa shape index (κ1) is 16.2. The minimum absolute atomic E-state index is 0.0966. The van der Waals surface area contributed by atoms with Gasteiger partial charge in [0.05, 0.1) is 18.8 Å². The molecule has 3 aromatic rings. The molecule has 130 valence electrons. The summed E-state index contributed by atoms with van der Waals surface area (Å²) in [5.41, 5.74) is -0.151. The maximum Gasteiger partial charge on any atom is 0.298 e. The van der Waals surface area contributed by atoms with Crippen molar-refractivity contribution in [2.24, 2.45) is 0 Å². The Labute approximate surface area is 147 Å². The molecule has 2 aromatic heterocycles. The van der Waals surface area contributed by atoms with Gasteiger partial charge in [0.2, 0.25) is 0 Å². The van der Waals surface area contributed by atoms with Crippen LogP contribution in [0.1, 0.15) is 25.5 Å². The third-order valence-corrected chi connectivity index (χ3v) is 4.88. The Hall–Kier alpha value is -2.32. The van der Waals surface area contributed by atoms with E-state index in [1.54, 1.807) is 18.2 Å². The Morgan fingerprint density at radius 3 is 2.76 bits per heavy atom. The summed E-state index contributed by atoms with van der Waals surface area (Å²) in [6, 6.07) is 6.11.